The number of anilines is 1. The molecule has 0 saturated heterocycles. The zero-order valence-corrected chi connectivity index (χ0v) is 13.0. The number of primary sulfonamides is 1. The molecule has 0 aliphatic heterocycles. The molecule has 0 radical (unpaired) electrons. The van der Waals surface area contributed by atoms with Crippen molar-refractivity contribution in [3.8, 4) is 0 Å². The van der Waals surface area contributed by atoms with Gasteiger partial charge in [0.1, 0.15) is 16.5 Å². The molecule has 0 saturated carbocycles. The number of hydrogen-bond acceptors (Lipinski definition) is 5. The maximum atomic E-state index is 13.5. The van der Waals surface area contributed by atoms with E-state index in [1.54, 1.807) is 0 Å². The molecule has 0 aromatic heterocycles. The third-order valence-electron chi connectivity index (χ3n) is 3.21. The maximum Gasteiger partial charge on any atom is 0.270 e. The summed E-state index contributed by atoms with van der Waals surface area (Å²) in [6, 6.07) is 6.31. The van der Waals surface area contributed by atoms with E-state index in [2.05, 4.69) is 5.32 Å². The number of sulfonamides is 1. The Morgan fingerprint density at radius 3 is 2.46 bits per heavy atom. The molecule has 2 aromatic rings. The predicted octanol–water partition coefficient (Wildman–Crippen LogP) is 2.18. The average molecular weight is 357 g/mol. The van der Waals surface area contributed by atoms with Gasteiger partial charge in [0.05, 0.1) is 10.6 Å². The van der Waals surface area contributed by atoms with Crippen LogP contribution in [0.25, 0.3) is 0 Å². The van der Waals surface area contributed by atoms with E-state index in [4.69, 9.17) is 5.14 Å². The van der Waals surface area contributed by atoms with Crippen LogP contribution >= 0.6 is 0 Å². The molecule has 3 N–H and O–H groups in total. The van der Waals surface area contributed by atoms with Gasteiger partial charge >= 0.3 is 0 Å². The molecule has 0 fully saturated rings. The predicted molar refractivity (Wildman–Crippen MR) is 83.0 cm³/mol. The molecule has 7 nitrogen and oxygen atoms in total. The van der Waals surface area contributed by atoms with Gasteiger partial charge < -0.3 is 5.32 Å². The lowest BCUT2D eigenvalue weighted by Crippen LogP contribution is -2.16. The number of nitrogens with two attached hydrogens (primary N) is 1. The summed E-state index contributed by atoms with van der Waals surface area (Å²) in [5.41, 5.74) is -0.122. The van der Waals surface area contributed by atoms with Crippen LogP contribution in [0.5, 0.6) is 0 Å². The minimum absolute atomic E-state index is 0.0608. The molecule has 0 spiro atoms. The smallest absolute Gasteiger partial charge is 0.270 e. The van der Waals surface area contributed by atoms with Gasteiger partial charge in [-0.3, -0.25) is 10.1 Å². The molecule has 0 amide bonds. The average Bonchev–Trinajstić information content (AvgIpc) is 2.48. The third kappa shape index (κ3) is 4.24. The van der Waals surface area contributed by atoms with Gasteiger partial charge in [-0.25, -0.2) is 22.3 Å². The summed E-state index contributed by atoms with van der Waals surface area (Å²) in [6.45, 7) is 0.114. The number of halogens is 2. The quantitative estimate of drug-likeness (QED) is 0.607. The van der Waals surface area contributed by atoms with E-state index >= 15 is 0 Å². The molecule has 128 valence electrons. The Morgan fingerprint density at radius 1 is 1.17 bits per heavy atom. The second kappa shape index (κ2) is 6.89. The SMILES string of the molecule is NS(=O)(=O)c1cc([N+](=O)[O-])ccc1NCCc1ccc(F)cc1F. The Labute approximate surface area is 136 Å². The molecule has 2 rings (SSSR count). The van der Waals surface area contributed by atoms with Gasteiger partial charge in [-0.15, -0.1) is 0 Å². The highest BCUT2D eigenvalue weighted by atomic mass is 32.2. The molecule has 0 bridgehead atoms. The highest BCUT2D eigenvalue weighted by molar-refractivity contribution is 7.89. The van der Waals surface area contributed by atoms with Gasteiger partial charge in [-0.05, 0) is 24.1 Å². The van der Waals surface area contributed by atoms with Crippen LogP contribution in [0.15, 0.2) is 41.3 Å². The van der Waals surface area contributed by atoms with Gasteiger partial charge in [0.25, 0.3) is 5.69 Å². The number of nitrogens with one attached hydrogen (secondary N) is 1. The third-order valence-corrected chi connectivity index (χ3v) is 4.16. The topological polar surface area (TPSA) is 115 Å². The Balaban J connectivity index is 2.19. The maximum absolute atomic E-state index is 13.5. The molecular formula is C14H13F2N3O4S. The summed E-state index contributed by atoms with van der Waals surface area (Å²) in [7, 11) is -4.19. The van der Waals surface area contributed by atoms with E-state index in [-0.39, 0.29) is 24.2 Å². The standard InChI is InChI=1S/C14H13F2N3O4S/c15-10-2-1-9(12(16)7-10)5-6-18-13-4-3-11(19(20)21)8-14(13)24(17,22)23/h1-4,7-8,18H,5-6H2,(H2,17,22,23). The summed E-state index contributed by atoms with van der Waals surface area (Å²) in [5.74, 6) is -1.41. The van der Waals surface area contributed by atoms with E-state index < -0.39 is 37.2 Å². The summed E-state index contributed by atoms with van der Waals surface area (Å²) < 4.78 is 49.5. The van der Waals surface area contributed by atoms with Gasteiger partial charge in [0, 0.05) is 24.7 Å². The zero-order chi connectivity index (χ0) is 17.9. The van der Waals surface area contributed by atoms with E-state index in [1.807, 2.05) is 0 Å². The molecule has 24 heavy (non-hydrogen) atoms. The van der Waals surface area contributed by atoms with Crippen molar-refractivity contribution < 1.29 is 22.1 Å². The van der Waals surface area contributed by atoms with Crippen molar-refractivity contribution in [3.63, 3.8) is 0 Å². The molecule has 0 aliphatic carbocycles. The Hall–Kier alpha value is -2.59. The molecular weight excluding hydrogens is 344 g/mol. The summed E-state index contributed by atoms with van der Waals surface area (Å²) in [6.07, 6.45) is 0.146. The van der Waals surface area contributed by atoms with E-state index in [0.717, 1.165) is 24.3 Å². The fraction of sp³-hybridized carbons (Fsp3) is 0.143. The van der Waals surface area contributed by atoms with Crippen molar-refractivity contribution in [1.29, 1.82) is 0 Å². The molecule has 0 unspecified atom stereocenters. The van der Waals surface area contributed by atoms with Crippen molar-refractivity contribution in [3.05, 3.63) is 63.7 Å². The lowest BCUT2D eigenvalue weighted by Gasteiger charge is -2.11. The second-order valence-corrected chi connectivity index (χ2v) is 6.42. The van der Waals surface area contributed by atoms with Crippen molar-refractivity contribution in [2.45, 2.75) is 11.3 Å². The molecule has 0 heterocycles. The largest absolute Gasteiger partial charge is 0.384 e. The molecule has 0 atom stereocenters. The summed E-state index contributed by atoms with van der Waals surface area (Å²) in [5, 5.41) is 18.5. The lowest BCUT2D eigenvalue weighted by molar-refractivity contribution is -0.385. The van der Waals surface area contributed by atoms with Crippen molar-refractivity contribution in [1.82, 2.24) is 0 Å². The first-order chi connectivity index (χ1) is 11.2. The fourth-order valence-electron chi connectivity index (χ4n) is 2.06. The number of rotatable bonds is 6. The normalized spacial score (nSPS) is 11.3. The van der Waals surface area contributed by atoms with Crippen molar-refractivity contribution in [2.24, 2.45) is 5.14 Å². The fourth-order valence-corrected chi connectivity index (χ4v) is 2.79. The highest BCUT2D eigenvalue weighted by Crippen LogP contribution is 2.25. The van der Waals surface area contributed by atoms with Crippen LogP contribution in [0.3, 0.4) is 0 Å². The molecule has 0 aliphatic rings. The lowest BCUT2D eigenvalue weighted by atomic mass is 10.1. The van der Waals surface area contributed by atoms with Crippen LogP contribution in [-0.2, 0) is 16.4 Å². The van der Waals surface area contributed by atoms with E-state index in [0.29, 0.717) is 0 Å². The van der Waals surface area contributed by atoms with Crippen molar-refractivity contribution in [2.75, 3.05) is 11.9 Å². The minimum atomic E-state index is -4.19. The van der Waals surface area contributed by atoms with Crippen LogP contribution in [0, 0.1) is 21.7 Å². The van der Waals surface area contributed by atoms with Crippen LogP contribution in [-0.4, -0.2) is 19.9 Å². The monoisotopic (exact) mass is 357 g/mol. The van der Waals surface area contributed by atoms with Gasteiger partial charge in [0.2, 0.25) is 10.0 Å². The first-order valence-electron chi connectivity index (χ1n) is 6.67. The van der Waals surface area contributed by atoms with Gasteiger partial charge in [0.15, 0.2) is 0 Å². The Kier molecular flexibility index (Phi) is 5.10. The number of nitro benzene ring substituents is 1. The number of benzene rings is 2. The zero-order valence-electron chi connectivity index (χ0n) is 12.2. The number of nitro groups is 1. The van der Waals surface area contributed by atoms with E-state index in [1.165, 1.54) is 12.1 Å². The first kappa shape index (κ1) is 17.8. The first-order valence-corrected chi connectivity index (χ1v) is 8.22. The van der Waals surface area contributed by atoms with Crippen LogP contribution in [0.2, 0.25) is 0 Å². The number of non-ortho nitro benzene ring substituents is 1. The van der Waals surface area contributed by atoms with Crippen LogP contribution in [0.4, 0.5) is 20.2 Å². The number of hydrogen-bond donors (Lipinski definition) is 2. The van der Waals surface area contributed by atoms with Gasteiger partial charge in [-0.2, -0.15) is 0 Å². The second-order valence-electron chi connectivity index (χ2n) is 4.90. The highest BCUT2D eigenvalue weighted by Gasteiger charge is 2.18. The Morgan fingerprint density at radius 2 is 1.88 bits per heavy atom. The summed E-state index contributed by atoms with van der Waals surface area (Å²) in [4.78, 5) is 9.55. The molecule has 2 aromatic carbocycles. The van der Waals surface area contributed by atoms with Crippen LogP contribution < -0.4 is 10.5 Å². The van der Waals surface area contributed by atoms with Gasteiger partial charge in [-0.1, -0.05) is 6.07 Å². The number of nitrogens with zero attached hydrogens (tertiary/aromatic N) is 1. The minimum Gasteiger partial charge on any atom is -0.384 e. The summed E-state index contributed by atoms with van der Waals surface area (Å²) >= 11 is 0. The molecule has 10 heteroatoms. The van der Waals surface area contributed by atoms with Crippen molar-refractivity contribution >= 4 is 21.4 Å². The Bertz CT molecular complexity index is 888. The van der Waals surface area contributed by atoms with E-state index in [9.17, 15) is 27.3 Å². The van der Waals surface area contributed by atoms with Crippen LogP contribution in [0.1, 0.15) is 5.56 Å².